The van der Waals surface area contributed by atoms with Crippen LogP contribution in [0.2, 0.25) is 0 Å². The zero-order valence-corrected chi connectivity index (χ0v) is 11.0. The number of aryl methyl sites for hydroxylation is 1. The predicted molar refractivity (Wildman–Crippen MR) is 67.9 cm³/mol. The van der Waals surface area contributed by atoms with Gasteiger partial charge in [-0.3, -0.25) is 4.79 Å². The molecule has 100 valence electrons. The number of hydrogen-bond acceptors (Lipinski definition) is 5. The van der Waals surface area contributed by atoms with Crippen molar-refractivity contribution >= 4 is 15.8 Å². The Balaban J connectivity index is 1.93. The number of nitrogens with zero attached hydrogens (tertiary/aromatic N) is 3. The first kappa shape index (κ1) is 13.0. The molecule has 18 heavy (non-hydrogen) atoms. The van der Waals surface area contributed by atoms with E-state index in [0.717, 1.165) is 0 Å². The average Bonchev–Trinajstić information content (AvgIpc) is 2.64. The Bertz CT molecular complexity index is 581. The first-order chi connectivity index (χ1) is 8.50. The molecule has 0 saturated carbocycles. The van der Waals surface area contributed by atoms with Gasteiger partial charge in [0, 0.05) is 39.1 Å². The lowest BCUT2D eigenvalue weighted by Gasteiger charge is -2.14. The maximum atomic E-state index is 11.6. The molecule has 1 aromatic rings. The summed E-state index contributed by atoms with van der Waals surface area (Å²) in [4.78, 5) is 15.6. The van der Waals surface area contributed by atoms with Gasteiger partial charge in [-0.1, -0.05) is 0 Å². The van der Waals surface area contributed by atoms with E-state index >= 15 is 0 Å². The molecule has 0 amide bonds. The van der Waals surface area contributed by atoms with Crippen LogP contribution in [0.15, 0.2) is 17.2 Å². The number of sulfonamides is 1. The van der Waals surface area contributed by atoms with Gasteiger partial charge < -0.3 is 9.88 Å². The number of anilines is 1. The number of hydrogen-bond donors (Lipinski definition) is 1. The van der Waals surface area contributed by atoms with Gasteiger partial charge in [0.15, 0.2) is 5.82 Å². The van der Waals surface area contributed by atoms with Crippen molar-refractivity contribution in [3.8, 4) is 0 Å². The molecular formula is C10H16N4O3S. The molecule has 1 saturated heterocycles. The number of nitrogens with one attached hydrogen (secondary N) is 1. The first-order valence-electron chi connectivity index (χ1n) is 5.74. The molecule has 8 heteroatoms. The molecule has 1 N–H and O–H groups in total. The van der Waals surface area contributed by atoms with E-state index in [0.29, 0.717) is 26.1 Å². The van der Waals surface area contributed by atoms with Crippen LogP contribution in [-0.2, 0) is 17.1 Å². The van der Waals surface area contributed by atoms with Crippen LogP contribution < -0.4 is 10.9 Å². The Morgan fingerprint density at radius 1 is 1.50 bits per heavy atom. The van der Waals surface area contributed by atoms with Gasteiger partial charge in [0.05, 0.1) is 5.75 Å². The van der Waals surface area contributed by atoms with Crippen molar-refractivity contribution in [2.24, 2.45) is 7.05 Å². The molecule has 0 spiro atoms. The summed E-state index contributed by atoms with van der Waals surface area (Å²) in [5.41, 5.74) is -0.221. The predicted octanol–water partition coefficient (Wildman–Crippen LogP) is -0.772. The van der Waals surface area contributed by atoms with Gasteiger partial charge in [0.1, 0.15) is 0 Å². The van der Waals surface area contributed by atoms with E-state index in [1.54, 1.807) is 13.2 Å². The summed E-state index contributed by atoms with van der Waals surface area (Å²) in [6.45, 7) is 1.30. The third kappa shape index (κ3) is 2.70. The fourth-order valence-corrected chi connectivity index (χ4v) is 3.39. The first-order valence-corrected chi connectivity index (χ1v) is 7.35. The second-order valence-corrected chi connectivity index (χ2v) is 6.28. The van der Waals surface area contributed by atoms with Crippen LogP contribution in [0.4, 0.5) is 5.82 Å². The lowest BCUT2D eigenvalue weighted by molar-refractivity contribution is 0.456. The number of aromatic nitrogens is 2. The zero-order valence-electron chi connectivity index (χ0n) is 10.2. The van der Waals surface area contributed by atoms with Crippen molar-refractivity contribution in [2.75, 3.05) is 30.7 Å². The summed E-state index contributed by atoms with van der Waals surface area (Å²) in [6.07, 6.45) is 3.77. The van der Waals surface area contributed by atoms with Crippen LogP contribution in [-0.4, -0.2) is 47.7 Å². The highest BCUT2D eigenvalue weighted by atomic mass is 32.2. The third-order valence-corrected chi connectivity index (χ3v) is 4.83. The Labute approximate surface area is 105 Å². The minimum absolute atomic E-state index is 0.221. The SMILES string of the molecule is Cn1ccnc(NCCN2CCCS2(=O)=O)c1=O. The monoisotopic (exact) mass is 272 g/mol. The van der Waals surface area contributed by atoms with Gasteiger partial charge in [-0.2, -0.15) is 0 Å². The van der Waals surface area contributed by atoms with E-state index in [4.69, 9.17) is 0 Å². The van der Waals surface area contributed by atoms with E-state index in [2.05, 4.69) is 10.3 Å². The fourth-order valence-electron chi connectivity index (χ4n) is 1.86. The normalized spacial score (nSPS) is 18.9. The molecule has 0 unspecified atom stereocenters. The van der Waals surface area contributed by atoms with Gasteiger partial charge >= 0.3 is 0 Å². The van der Waals surface area contributed by atoms with E-state index in [9.17, 15) is 13.2 Å². The molecule has 0 atom stereocenters. The lowest BCUT2D eigenvalue weighted by Crippen LogP contribution is -2.32. The molecule has 0 bridgehead atoms. The molecule has 1 fully saturated rings. The molecule has 7 nitrogen and oxygen atoms in total. The van der Waals surface area contributed by atoms with E-state index < -0.39 is 10.0 Å². The van der Waals surface area contributed by atoms with Crippen molar-refractivity contribution in [3.63, 3.8) is 0 Å². The Kier molecular flexibility index (Phi) is 3.67. The van der Waals surface area contributed by atoms with Gasteiger partial charge in [-0.15, -0.1) is 0 Å². The maximum absolute atomic E-state index is 11.6. The largest absolute Gasteiger partial charge is 0.364 e. The summed E-state index contributed by atoms with van der Waals surface area (Å²) in [6, 6.07) is 0. The molecule has 1 aromatic heterocycles. The zero-order chi connectivity index (χ0) is 13.2. The Morgan fingerprint density at radius 2 is 2.28 bits per heavy atom. The molecule has 0 aliphatic carbocycles. The van der Waals surface area contributed by atoms with Gasteiger partial charge in [0.2, 0.25) is 10.0 Å². The summed E-state index contributed by atoms with van der Waals surface area (Å²) in [5.74, 6) is 0.467. The third-order valence-electron chi connectivity index (χ3n) is 2.87. The molecule has 0 aromatic carbocycles. The summed E-state index contributed by atoms with van der Waals surface area (Å²) in [5, 5.41) is 2.87. The molecule has 2 rings (SSSR count). The van der Waals surface area contributed by atoms with Crippen molar-refractivity contribution < 1.29 is 8.42 Å². The van der Waals surface area contributed by atoms with Crippen LogP contribution in [0, 0.1) is 0 Å². The quantitative estimate of drug-likeness (QED) is 0.778. The lowest BCUT2D eigenvalue weighted by atomic mass is 10.4. The van der Waals surface area contributed by atoms with Crippen LogP contribution in [0.3, 0.4) is 0 Å². The smallest absolute Gasteiger partial charge is 0.293 e. The van der Waals surface area contributed by atoms with Crippen LogP contribution >= 0.6 is 0 Å². The number of rotatable bonds is 4. The summed E-state index contributed by atoms with van der Waals surface area (Å²) >= 11 is 0. The van der Waals surface area contributed by atoms with E-state index in [-0.39, 0.29) is 17.1 Å². The van der Waals surface area contributed by atoms with Crippen molar-refractivity contribution in [1.82, 2.24) is 13.9 Å². The average molecular weight is 272 g/mol. The van der Waals surface area contributed by atoms with Crippen LogP contribution in [0.1, 0.15) is 6.42 Å². The highest BCUT2D eigenvalue weighted by molar-refractivity contribution is 7.89. The van der Waals surface area contributed by atoms with Gasteiger partial charge in [-0.05, 0) is 6.42 Å². The molecule has 0 radical (unpaired) electrons. The van der Waals surface area contributed by atoms with Crippen LogP contribution in [0.5, 0.6) is 0 Å². The fraction of sp³-hybridized carbons (Fsp3) is 0.600. The van der Waals surface area contributed by atoms with E-state index in [1.165, 1.54) is 15.1 Å². The van der Waals surface area contributed by atoms with Crippen LogP contribution in [0.25, 0.3) is 0 Å². The molecular weight excluding hydrogens is 256 g/mol. The topological polar surface area (TPSA) is 84.3 Å². The standard InChI is InChI=1S/C10H16N4O3S/c1-13-6-3-11-9(10(13)15)12-4-7-14-5-2-8-18(14,16)17/h3,6H,2,4-5,7-8H2,1H3,(H,11,12). The Morgan fingerprint density at radius 3 is 2.94 bits per heavy atom. The van der Waals surface area contributed by atoms with Crippen molar-refractivity contribution in [1.29, 1.82) is 0 Å². The summed E-state index contributed by atoms with van der Waals surface area (Å²) < 4.78 is 25.9. The minimum Gasteiger partial charge on any atom is -0.364 e. The maximum Gasteiger partial charge on any atom is 0.293 e. The minimum atomic E-state index is -3.07. The van der Waals surface area contributed by atoms with E-state index in [1.807, 2.05) is 0 Å². The second-order valence-electron chi connectivity index (χ2n) is 4.19. The summed E-state index contributed by atoms with van der Waals surface area (Å²) in [7, 11) is -1.43. The van der Waals surface area contributed by atoms with Crippen molar-refractivity contribution in [2.45, 2.75) is 6.42 Å². The Hall–Kier alpha value is -1.41. The molecule has 1 aliphatic heterocycles. The second kappa shape index (κ2) is 5.07. The highest BCUT2D eigenvalue weighted by Crippen LogP contribution is 2.12. The molecule has 2 heterocycles. The van der Waals surface area contributed by atoms with Gasteiger partial charge in [-0.25, -0.2) is 17.7 Å². The highest BCUT2D eigenvalue weighted by Gasteiger charge is 2.27. The van der Waals surface area contributed by atoms with Crippen molar-refractivity contribution in [3.05, 3.63) is 22.7 Å². The molecule has 1 aliphatic rings. The van der Waals surface area contributed by atoms with Gasteiger partial charge in [0.25, 0.3) is 5.56 Å².